The van der Waals surface area contributed by atoms with Gasteiger partial charge in [0.2, 0.25) is 0 Å². The molecule has 2 N–H and O–H groups in total. The molecule has 0 fully saturated rings. The summed E-state index contributed by atoms with van der Waals surface area (Å²) in [6.45, 7) is 0. The minimum atomic E-state index is -1.18. The number of nitrogens with zero attached hydrogens (tertiary/aromatic N) is 2. The number of thiophene rings is 1. The van der Waals surface area contributed by atoms with Gasteiger partial charge in [0.25, 0.3) is 11.8 Å². The average molecular weight is 435 g/mol. The predicted octanol–water partition coefficient (Wildman–Crippen LogP) is 4.21. The molecule has 0 unspecified atom stereocenters. The highest BCUT2D eigenvalue weighted by molar-refractivity contribution is 7.14. The minimum Gasteiger partial charge on any atom is -0.478 e. The Hall–Kier alpha value is -3.98. The van der Waals surface area contributed by atoms with Crippen molar-refractivity contribution < 1.29 is 23.9 Å². The number of amides is 2. The highest BCUT2D eigenvalue weighted by atomic mass is 32.1. The molecule has 0 bridgehead atoms. The molecule has 31 heavy (non-hydrogen) atoms. The summed E-state index contributed by atoms with van der Waals surface area (Å²) >= 11 is 1.18. The third kappa shape index (κ3) is 3.90. The Bertz CT molecular complexity index is 1270. The summed E-state index contributed by atoms with van der Waals surface area (Å²) in [5, 5.41) is 13.9. The fourth-order valence-corrected chi connectivity index (χ4v) is 4.04. The molecule has 2 aromatic heterocycles. The van der Waals surface area contributed by atoms with E-state index in [0.717, 1.165) is 0 Å². The van der Waals surface area contributed by atoms with Gasteiger partial charge in [0.05, 0.1) is 10.6 Å². The van der Waals surface area contributed by atoms with Gasteiger partial charge in [-0.05, 0) is 29.8 Å². The Labute approximate surface area is 180 Å². The molecule has 2 aromatic carbocycles. The fraction of sp³-hybridized carbons (Fsp3) is 0.0909. The first-order chi connectivity index (χ1) is 14.8. The first kappa shape index (κ1) is 20.3. The molecule has 8 nitrogen and oxygen atoms in total. The molecule has 2 amide bonds. The fourth-order valence-electron chi connectivity index (χ4n) is 3.04. The zero-order valence-electron chi connectivity index (χ0n) is 16.6. The van der Waals surface area contributed by atoms with E-state index >= 15 is 0 Å². The number of oxazole rings is 1. The Balaban J connectivity index is 1.64. The van der Waals surface area contributed by atoms with E-state index in [1.54, 1.807) is 68.0 Å². The van der Waals surface area contributed by atoms with Gasteiger partial charge in [0.1, 0.15) is 11.1 Å². The van der Waals surface area contributed by atoms with Gasteiger partial charge in [-0.1, -0.05) is 24.3 Å². The second-order valence-corrected chi connectivity index (χ2v) is 7.76. The van der Waals surface area contributed by atoms with Crippen LogP contribution in [0.1, 0.15) is 31.4 Å². The maximum atomic E-state index is 12.6. The molecule has 4 rings (SSSR count). The summed E-state index contributed by atoms with van der Waals surface area (Å²) in [6, 6.07) is 13.6. The van der Waals surface area contributed by atoms with Crippen molar-refractivity contribution in [2.24, 2.45) is 0 Å². The first-order valence-corrected chi connectivity index (χ1v) is 10.1. The van der Waals surface area contributed by atoms with Crippen molar-refractivity contribution in [2.45, 2.75) is 0 Å². The van der Waals surface area contributed by atoms with Crippen LogP contribution in [0.4, 0.5) is 5.69 Å². The van der Waals surface area contributed by atoms with E-state index in [1.807, 2.05) is 0 Å². The number of rotatable bonds is 5. The second kappa shape index (κ2) is 8.04. The molecular formula is C22H17N3O5S. The van der Waals surface area contributed by atoms with Crippen LogP contribution in [0.3, 0.4) is 0 Å². The number of anilines is 1. The number of fused-ring (bicyclic) bond motifs is 1. The van der Waals surface area contributed by atoms with Crippen LogP contribution >= 0.6 is 11.3 Å². The van der Waals surface area contributed by atoms with Crippen molar-refractivity contribution in [1.29, 1.82) is 0 Å². The summed E-state index contributed by atoms with van der Waals surface area (Å²) < 4.78 is 5.45. The van der Waals surface area contributed by atoms with Crippen LogP contribution < -0.4 is 5.32 Å². The van der Waals surface area contributed by atoms with Crippen LogP contribution in [-0.4, -0.2) is 46.9 Å². The zero-order valence-corrected chi connectivity index (χ0v) is 17.4. The maximum absolute atomic E-state index is 12.6. The van der Waals surface area contributed by atoms with Crippen molar-refractivity contribution >= 4 is 45.9 Å². The molecule has 0 radical (unpaired) electrons. The van der Waals surface area contributed by atoms with E-state index in [1.165, 1.54) is 16.2 Å². The third-order valence-electron chi connectivity index (χ3n) is 4.54. The van der Waals surface area contributed by atoms with Gasteiger partial charge in [-0.3, -0.25) is 9.59 Å². The Morgan fingerprint density at radius 1 is 1.06 bits per heavy atom. The largest absolute Gasteiger partial charge is 0.478 e. The zero-order chi connectivity index (χ0) is 22.1. The third-order valence-corrected chi connectivity index (χ3v) is 5.57. The number of hydrogen-bond acceptors (Lipinski definition) is 6. The minimum absolute atomic E-state index is 0.0406. The molecule has 2 heterocycles. The smallest absolute Gasteiger partial charge is 0.339 e. The number of hydrogen-bond donors (Lipinski definition) is 2. The summed E-state index contributed by atoms with van der Waals surface area (Å²) in [5.74, 6) is -2.13. The Kier molecular flexibility index (Phi) is 5.26. The predicted molar refractivity (Wildman–Crippen MR) is 117 cm³/mol. The van der Waals surface area contributed by atoms with Crippen molar-refractivity contribution in [3.63, 3.8) is 0 Å². The van der Waals surface area contributed by atoms with Gasteiger partial charge in [-0.15, -0.1) is 11.3 Å². The molecule has 0 aliphatic carbocycles. The molecular weight excluding hydrogens is 418 g/mol. The van der Waals surface area contributed by atoms with E-state index in [0.29, 0.717) is 27.1 Å². The van der Waals surface area contributed by atoms with Gasteiger partial charge < -0.3 is 19.7 Å². The quantitative estimate of drug-likeness (QED) is 0.486. The van der Waals surface area contributed by atoms with Crippen LogP contribution in [0, 0.1) is 0 Å². The van der Waals surface area contributed by atoms with E-state index in [-0.39, 0.29) is 23.0 Å². The van der Waals surface area contributed by atoms with Gasteiger partial charge in [0.15, 0.2) is 5.58 Å². The van der Waals surface area contributed by atoms with Gasteiger partial charge in [-0.2, -0.15) is 0 Å². The molecule has 0 spiro atoms. The molecule has 0 atom stereocenters. The Morgan fingerprint density at radius 3 is 2.42 bits per heavy atom. The van der Waals surface area contributed by atoms with Crippen molar-refractivity contribution in [1.82, 2.24) is 9.88 Å². The number of carbonyl (C=O) groups excluding carboxylic acids is 2. The summed E-state index contributed by atoms with van der Waals surface area (Å²) in [6.07, 6.45) is 0. The number of para-hydroxylation sites is 2. The highest BCUT2D eigenvalue weighted by Crippen LogP contribution is 2.36. The molecule has 0 aliphatic rings. The summed E-state index contributed by atoms with van der Waals surface area (Å²) in [5.41, 5.74) is 2.22. The lowest BCUT2D eigenvalue weighted by atomic mass is 10.1. The van der Waals surface area contributed by atoms with Gasteiger partial charge >= 0.3 is 11.9 Å². The normalized spacial score (nSPS) is 10.8. The standard InChI is InChI=1S/C22H17N3O5S/c1-25(2)21(27)13-9-7-12(8-10-13)18-17(22(28)29)15(11-31-18)23-19(26)20-24-14-5-3-4-6-16(14)30-20/h3-11H,1-2H3,(H,23,26)(H,28,29). The lowest BCUT2D eigenvalue weighted by molar-refractivity contribution is 0.0698. The van der Waals surface area contributed by atoms with Crippen LogP contribution in [0.15, 0.2) is 58.3 Å². The van der Waals surface area contributed by atoms with Crippen molar-refractivity contribution in [3.8, 4) is 10.4 Å². The molecule has 4 aromatic rings. The number of aromatic carboxylic acids is 1. The number of carboxylic acid groups (broad SMARTS) is 1. The van der Waals surface area contributed by atoms with Crippen LogP contribution in [0.5, 0.6) is 0 Å². The average Bonchev–Trinajstić information content (AvgIpc) is 3.37. The van der Waals surface area contributed by atoms with Crippen LogP contribution in [-0.2, 0) is 0 Å². The second-order valence-electron chi connectivity index (χ2n) is 6.88. The van der Waals surface area contributed by atoms with E-state index < -0.39 is 11.9 Å². The van der Waals surface area contributed by atoms with Crippen LogP contribution in [0.2, 0.25) is 0 Å². The molecule has 0 aliphatic heterocycles. The first-order valence-electron chi connectivity index (χ1n) is 9.19. The van der Waals surface area contributed by atoms with Crippen molar-refractivity contribution in [2.75, 3.05) is 19.4 Å². The number of carbonyl (C=O) groups is 3. The molecule has 156 valence electrons. The monoisotopic (exact) mass is 435 g/mol. The number of benzene rings is 2. The van der Waals surface area contributed by atoms with Gasteiger partial charge in [0, 0.05) is 25.0 Å². The number of nitrogens with one attached hydrogen (secondary N) is 1. The highest BCUT2D eigenvalue weighted by Gasteiger charge is 2.23. The topological polar surface area (TPSA) is 113 Å². The lowest BCUT2D eigenvalue weighted by Gasteiger charge is -2.10. The number of aromatic nitrogens is 1. The molecule has 0 saturated heterocycles. The van der Waals surface area contributed by atoms with Gasteiger partial charge in [-0.25, -0.2) is 9.78 Å². The molecule has 0 saturated carbocycles. The van der Waals surface area contributed by atoms with Crippen molar-refractivity contribution in [3.05, 3.63) is 70.9 Å². The van der Waals surface area contributed by atoms with E-state index in [9.17, 15) is 19.5 Å². The number of carboxylic acids is 1. The lowest BCUT2D eigenvalue weighted by Crippen LogP contribution is -2.21. The molecule has 9 heteroatoms. The Morgan fingerprint density at radius 2 is 1.77 bits per heavy atom. The van der Waals surface area contributed by atoms with Crippen LogP contribution in [0.25, 0.3) is 21.5 Å². The van der Waals surface area contributed by atoms with E-state index in [2.05, 4.69) is 10.3 Å². The van der Waals surface area contributed by atoms with E-state index in [4.69, 9.17) is 4.42 Å². The summed E-state index contributed by atoms with van der Waals surface area (Å²) in [4.78, 5) is 42.7. The summed E-state index contributed by atoms with van der Waals surface area (Å²) in [7, 11) is 3.31. The maximum Gasteiger partial charge on any atom is 0.339 e. The SMILES string of the molecule is CN(C)C(=O)c1ccc(-c2scc(NC(=O)c3nc4ccccc4o3)c2C(=O)O)cc1.